The fraction of sp³-hybridized carbons (Fsp3) is 0.500. The number of benzene rings is 1. The minimum absolute atomic E-state index is 0.0393. The molecule has 1 amide bonds. The second-order valence-electron chi connectivity index (χ2n) is 7.62. The van der Waals surface area contributed by atoms with Crippen molar-refractivity contribution in [2.24, 2.45) is 0 Å². The number of esters is 1. The van der Waals surface area contributed by atoms with Crippen LogP contribution in [0.2, 0.25) is 0 Å². The second-order valence-corrected chi connectivity index (χ2v) is 9.71. The highest BCUT2D eigenvalue weighted by molar-refractivity contribution is 7.93. The van der Waals surface area contributed by atoms with Gasteiger partial charge in [0.25, 0.3) is 4.87 Å². The first kappa shape index (κ1) is 21.2. The Labute approximate surface area is 160 Å². The summed E-state index contributed by atoms with van der Waals surface area (Å²) in [6.07, 6.45) is 0.551. The maximum atomic E-state index is 13.6. The largest absolute Gasteiger partial charge is 0.457 e. The van der Waals surface area contributed by atoms with Crippen LogP contribution in [0.1, 0.15) is 53.0 Å². The summed E-state index contributed by atoms with van der Waals surface area (Å²) in [4.78, 5) is 23.5. The molecular weight excluding hydrogens is 366 g/mol. The minimum Gasteiger partial charge on any atom is -0.457 e. The van der Waals surface area contributed by atoms with Crippen molar-refractivity contribution in [2.45, 2.75) is 69.8 Å². The Morgan fingerprint density at radius 1 is 1.11 bits per heavy atom. The third-order valence-corrected chi connectivity index (χ3v) is 6.69. The van der Waals surface area contributed by atoms with Crippen molar-refractivity contribution in [3.63, 3.8) is 0 Å². The molecule has 7 heteroatoms. The topological polar surface area (TPSA) is 89.5 Å². The molecule has 1 atom stereocenters. The van der Waals surface area contributed by atoms with Crippen LogP contribution in [0, 0.1) is 6.92 Å². The minimum atomic E-state index is -4.29. The van der Waals surface area contributed by atoms with Crippen LogP contribution in [-0.4, -0.2) is 30.8 Å². The van der Waals surface area contributed by atoms with Gasteiger partial charge in [-0.2, -0.15) is 0 Å². The van der Waals surface area contributed by atoms with Gasteiger partial charge in [-0.25, -0.2) is 13.2 Å². The van der Waals surface area contributed by atoms with Gasteiger partial charge in [0.2, 0.25) is 15.7 Å². The summed E-state index contributed by atoms with van der Waals surface area (Å²) in [6, 6.07) is 6.20. The molecule has 0 saturated carbocycles. The van der Waals surface area contributed by atoms with Gasteiger partial charge < -0.3 is 10.1 Å². The van der Waals surface area contributed by atoms with Crippen molar-refractivity contribution in [3.8, 4) is 0 Å². The number of ether oxygens (including phenoxy) is 1. The number of sulfone groups is 1. The number of rotatable bonds is 5. The van der Waals surface area contributed by atoms with E-state index >= 15 is 0 Å². The van der Waals surface area contributed by atoms with E-state index in [0.29, 0.717) is 12.0 Å². The molecule has 0 aromatic heterocycles. The summed E-state index contributed by atoms with van der Waals surface area (Å²) in [6.45, 7) is 10.3. The average Bonchev–Trinajstić information content (AvgIpc) is 2.86. The van der Waals surface area contributed by atoms with E-state index in [1.54, 1.807) is 46.8 Å². The number of hydrogen-bond acceptors (Lipinski definition) is 5. The summed E-state index contributed by atoms with van der Waals surface area (Å²) < 4.78 is 32.7. The summed E-state index contributed by atoms with van der Waals surface area (Å²) in [5.41, 5.74) is 0.547. The second kappa shape index (κ2) is 7.11. The van der Waals surface area contributed by atoms with E-state index in [4.69, 9.17) is 4.74 Å². The summed E-state index contributed by atoms with van der Waals surface area (Å²) in [7, 11) is -4.29. The highest BCUT2D eigenvalue weighted by atomic mass is 32.2. The molecule has 2 rings (SSSR count). The molecule has 0 aliphatic carbocycles. The highest BCUT2D eigenvalue weighted by Crippen LogP contribution is 2.41. The summed E-state index contributed by atoms with van der Waals surface area (Å²) in [5.74, 6) is -1.53. The first-order valence-corrected chi connectivity index (χ1v) is 10.5. The average molecular weight is 394 g/mol. The molecule has 0 spiro atoms. The van der Waals surface area contributed by atoms with Crippen molar-refractivity contribution in [1.29, 1.82) is 0 Å². The Morgan fingerprint density at radius 3 is 2.11 bits per heavy atom. The molecule has 0 fully saturated rings. The van der Waals surface area contributed by atoms with Crippen LogP contribution in [0.5, 0.6) is 0 Å². The molecule has 1 aliphatic rings. The first-order valence-electron chi connectivity index (χ1n) is 9.00. The maximum absolute atomic E-state index is 13.6. The van der Waals surface area contributed by atoms with E-state index in [0.717, 1.165) is 5.56 Å². The molecule has 0 saturated heterocycles. The van der Waals surface area contributed by atoms with Crippen LogP contribution in [0.25, 0.3) is 0 Å². The highest BCUT2D eigenvalue weighted by Gasteiger charge is 2.61. The van der Waals surface area contributed by atoms with Crippen LogP contribution in [-0.2, 0) is 24.2 Å². The third-order valence-electron chi connectivity index (χ3n) is 4.48. The van der Waals surface area contributed by atoms with Gasteiger partial charge in [-0.3, -0.25) is 4.79 Å². The van der Waals surface area contributed by atoms with Crippen LogP contribution in [0.3, 0.4) is 0 Å². The van der Waals surface area contributed by atoms with Gasteiger partial charge >= 0.3 is 5.97 Å². The number of carbonyl (C=O) groups is 2. The van der Waals surface area contributed by atoms with E-state index in [1.165, 1.54) is 12.1 Å². The molecule has 1 aliphatic heterocycles. The molecule has 6 nitrogen and oxygen atoms in total. The number of nitrogens with one attached hydrogen (secondary N) is 1. The lowest BCUT2D eigenvalue weighted by Gasteiger charge is -2.33. The predicted molar refractivity (Wildman–Crippen MR) is 103 cm³/mol. The Hall–Kier alpha value is -2.15. The standard InChI is InChI=1S/C20H27NO5S/c1-7-15-16(8-2)20(21-17(15)22,18(23)26-19(4,5)6)27(24,25)14-11-9-13(3)10-12-14/h9-12H,7-8H2,1-6H3,(H,21,22). The Balaban J connectivity index is 2.79. The van der Waals surface area contributed by atoms with Crippen molar-refractivity contribution in [3.05, 3.63) is 41.0 Å². The Morgan fingerprint density at radius 2 is 1.67 bits per heavy atom. The van der Waals surface area contributed by atoms with Crippen molar-refractivity contribution < 1.29 is 22.7 Å². The predicted octanol–water partition coefficient (Wildman–Crippen LogP) is 3.05. The number of carbonyl (C=O) groups excluding carboxylic acids is 2. The summed E-state index contributed by atoms with van der Waals surface area (Å²) in [5, 5.41) is 2.47. The van der Waals surface area contributed by atoms with Gasteiger partial charge in [0.05, 0.1) is 4.90 Å². The monoisotopic (exact) mass is 393 g/mol. The van der Waals surface area contributed by atoms with Crippen molar-refractivity contribution >= 4 is 21.7 Å². The van der Waals surface area contributed by atoms with Gasteiger partial charge in [-0.05, 0) is 58.2 Å². The normalized spacial score (nSPS) is 20.6. The fourth-order valence-corrected chi connectivity index (χ4v) is 5.18. The van der Waals surface area contributed by atoms with Crippen LogP contribution >= 0.6 is 0 Å². The molecule has 0 radical (unpaired) electrons. The molecule has 27 heavy (non-hydrogen) atoms. The lowest BCUT2D eigenvalue weighted by molar-refractivity contribution is -0.158. The van der Waals surface area contributed by atoms with Crippen molar-refractivity contribution in [1.82, 2.24) is 5.32 Å². The summed E-state index contributed by atoms with van der Waals surface area (Å²) >= 11 is 0. The van der Waals surface area contributed by atoms with Gasteiger partial charge in [0.1, 0.15) is 5.60 Å². The molecule has 1 N–H and O–H groups in total. The number of aryl methyl sites for hydroxylation is 1. The molecule has 0 bridgehead atoms. The van der Waals surface area contributed by atoms with E-state index in [2.05, 4.69) is 5.32 Å². The van der Waals surface area contributed by atoms with E-state index < -0.39 is 32.2 Å². The van der Waals surface area contributed by atoms with Gasteiger partial charge in [0.15, 0.2) is 0 Å². The molecule has 1 heterocycles. The molecule has 1 unspecified atom stereocenters. The molecule has 1 aromatic rings. The van der Waals surface area contributed by atoms with Gasteiger partial charge in [-0.1, -0.05) is 31.5 Å². The third kappa shape index (κ3) is 3.52. The first-order chi connectivity index (χ1) is 12.4. The fourth-order valence-electron chi connectivity index (χ4n) is 3.25. The Bertz CT molecular complexity index is 891. The number of amides is 1. The van der Waals surface area contributed by atoms with E-state index in [1.807, 2.05) is 6.92 Å². The van der Waals surface area contributed by atoms with E-state index in [-0.39, 0.29) is 16.9 Å². The maximum Gasteiger partial charge on any atom is 0.353 e. The lowest BCUT2D eigenvalue weighted by Crippen LogP contribution is -2.59. The molecular formula is C20H27NO5S. The van der Waals surface area contributed by atoms with Gasteiger partial charge in [-0.15, -0.1) is 0 Å². The quantitative estimate of drug-likeness (QED) is 0.777. The Kier molecular flexibility index (Phi) is 5.57. The zero-order chi connectivity index (χ0) is 20.6. The number of hydrogen-bond donors (Lipinski definition) is 1. The van der Waals surface area contributed by atoms with Crippen molar-refractivity contribution in [2.75, 3.05) is 0 Å². The zero-order valence-corrected chi connectivity index (χ0v) is 17.5. The van der Waals surface area contributed by atoms with Crippen LogP contribution in [0.4, 0.5) is 0 Å². The SMILES string of the molecule is CCC1=C(CC)C(C(=O)OC(C)(C)C)(S(=O)(=O)c2ccc(C)cc2)NC1=O. The molecule has 1 aromatic carbocycles. The smallest absolute Gasteiger partial charge is 0.353 e. The zero-order valence-electron chi connectivity index (χ0n) is 16.7. The lowest BCUT2D eigenvalue weighted by atomic mass is 10.00. The molecule has 148 valence electrons. The van der Waals surface area contributed by atoms with Crippen LogP contribution < -0.4 is 5.32 Å². The van der Waals surface area contributed by atoms with Gasteiger partial charge in [0, 0.05) is 5.57 Å². The van der Waals surface area contributed by atoms with E-state index in [9.17, 15) is 18.0 Å². The van der Waals surface area contributed by atoms with Crippen LogP contribution in [0.15, 0.2) is 40.3 Å².